The summed E-state index contributed by atoms with van der Waals surface area (Å²) in [6.45, 7) is 0. The fourth-order valence-corrected chi connectivity index (χ4v) is 4.54. The van der Waals surface area contributed by atoms with E-state index in [0.29, 0.717) is 5.92 Å². The molecule has 0 radical (unpaired) electrons. The molecule has 3 heteroatoms. The van der Waals surface area contributed by atoms with Crippen LogP contribution in [0.25, 0.3) is 10.8 Å². The first-order valence-corrected chi connectivity index (χ1v) is 8.59. The summed E-state index contributed by atoms with van der Waals surface area (Å²) in [6, 6.07) is 8.47. The molecule has 1 aromatic heterocycles. The molecule has 1 aromatic carbocycles. The minimum Gasteiger partial charge on any atom is -0.387 e. The van der Waals surface area contributed by atoms with Crippen LogP contribution >= 0.6 is 0 Å². The first-order chi connectivity index (χ1) is 10.8. The highest BCUT2D eigenvalue weighted by atomic mass is 16.3. The molecule has 2 saturated carbocycles. The van der Waals surface area contributed by atoms with E-state index >= 15 is 0 Å². The highest BCUT2D eigenvalue weighted by Crippen LogP contribution is 2.45. The van der Waals surface area contributed by atoms with Crippen molar-refractivity contribution >= 4 is 16.5 Å². The number of hydrogen-bond acceptors (Lipinski definition) is 3. The van der Waals surface area contributed by atoms with Crippen molar-refractivity contribution < 1.29 is 5.11 Å². The Balaban J connectivity index is 1.66. The molecule has 116 valence electrons. The molecule has 2 N–H and O–H groups in total. The van der Waals surface area contributed by atoms with Crippen LogP contribution in [0.4, 0.5) is 5.69 Å². The molecule has 2 aromatic rings. The lowest BCUT2D eigenvalue weighted by Crippen LogP contribution is -2.56. The molecule has 3 nitrogen and oxygen atoms in total. The van der Waals surface area contributed by atoms with Crippen LogP contribution < -0.4 is 5.32 Å². The minimum absolute atomic E-state index is 0.152. The SMILES string of the molecule is O[C@]12CCCC[C@@H]1CCC[C@H]2Nc1cncc2ccccc12. The molecule has 2 fully saturated rings. The lowest BCUT2D eigenvalue weighted by molar-refractivity contribution is -0.0835. The van der Waals surface area contributed by atoms with E-state index in [1.807, 2.05) is 18.5 Å². The molecule has 1 heterocycles. The zero-order valence-electron chi connectivity index (χ0n) is 13.0. The summed E-state index contributed by atoms with van der Waals surface area (Å²) >= 11 is 0. The molecule has 2 aliphatic carbocycles. The molecular formula is C19H24N2O. The highest BCUT2D eigenvalue weighted by molar-refractivity contribution is 5.92. The number of anilines is 1. The topological polar surface area (TPSA) is 45.1 Å². The number of fused-ring (bicyclic) bond motifs is 2. The zero-order valence-corrected chi connectivity index (χ0v) is 13.0. The van der Waals surface area contributed by atoms with Gasteiger partial charge in [0.25, 0.3) is 0 Å². The van der Waals surface area contributed by atoms with Crippen molar-refractivity contribution in [1.29, 1.82) is 0 Å². The molecule has 0 unspecified atom stereocenters. The lowest BCUT2D eigenvalue weighted by Gasteiger charge is -2.49. The Morgan fingerprint density at radius 1 is 1.05 bits per heavy atom. The number of nitrogens with zero attached hydrogens (tertiary/aromatic N) is 1. The summed E-state index contributed by atoms with van der Waals surface area (Å²) in [5.41, 5.74) is 0.524. The number of benzene rings is 1. The molecule has 3 atom stereocenters. The van der Waals surface area contributed by atoms with Crippen molar-refractivity contribution in [2.24, 2.45) is 5.92 Å². The van der Waals surface area contributed by atoms with E-state index < -0.39 is 5.60 Å². The first-order valence-electron chi connectivity index (χ1n) is 8.59. The summed E-state index contributed by atoms with van der Waals surface area (Å²) in [5, 5.41) is 17.3. The van der Waals surface area contributed by atoms with E-state index in [4.69, 9.17) is 0 Å². The number of pyridine rings is 1. The van der Waals surface area contributed by atoms with Crippen LogP contribution in [-0.4, -0.2) is 21.7 Å². The normalized spacial score (nSPS) is 31.7. The summed E-state index contributed by atoms with van der Waals surface area (Å²) < 4.78 is 0. The Hall–Kier alpha value is -1.61. The summed E-state index contributed by atoms with van der Waals surface area (Å²) in [7, 11) is 0. The van der Waals surface area contributed by atoms with Gasteiger partial charge in [0.2, 0.25) is 0 Å². The van der Waals surface area contributed by atoms with Crippen molar-refractivity contribution in [3.63, 3.8) is 0 Å². The van der Waals surface area contributed by atoms with E-state index in [1.54, 1.807) is 0 Å². The van der Waals surface area contributed by atoms with Gasteiger partial charge in [-0.3, -0.25) is 4.98 Å². The lowest BCUT2D eigenvalue weighted by atomic mass is 9.65. The van der Waals surface area contributed by atoms with Gasteiger partial charge in [-0.15, -0.1) is 0 Å². The maximum absolute atomic E-state index is 11.3. The number of rotatable bonds is 2. The fourth-order valence-electron chi connectivity index (χ4n) is 4.54. The molecule has 22 heavy (non-hydrogen) atoms. The van der Waals surface area contributed by atoms with Crippen LogP contribution in [-0.2, 0) is 0 Å². The van der Waals surface area contributed by atoms with Gasteiger partial charge in [0.1, 0.15) is 0 Å². The highest BCUT2D eigenvalue weighted by Gasteiger charge is 2.47. The van der Waals surface area contributed by atoms with Crippen molar-refractivity contribution in [2.75, 3.05) is 5.32 Å². The Kier molecular flexibility index (Phi) is 3.53. The van der Waals surface area contributed by atoms with Crippen LogP contribution in [0.3, 0.4) is 0 Å². The van der Waals surface area contributed by atoms with Gasteiger partial charge < -0.3 is 10.4 Å². The second-order valence-corrected chi connectivity index (χ2v) is 6.97. The summed E-state index contributed by atoms with van der Waals surface area (Å²) in [6.07, 6.45) is 11.8. The molecule has 0 amide bonds. The van der Waals surface area contributed by atoms with Crippen molar-refractivity contribution in [3.8, 4) is 0 Å². The zero-order chi connectivity index (χ0) is 15.0. The quantitative estimate of drug-likeness (QED) is 0.876. The third kappa shape index (κ3) is 2.28. The standard InChI is InChI=1S/C19H24N2O/c22-19-11-4-3-7-15(19)8-5-10-18(19)21-17-13-20-12-14-6-1-2-9-16(14)17/h1-2,6,9,12-13,15,18,21-22H,3-5,7-8,10-11H2/t15-,18-,19-/m1/s1. The van der Waals surface area contributed by atoms with Crippen molar-refractivity contribution in [2.45, 2.75) is 56.6 Å². The van der Waals surface area contributed by atoms with E-state index in [0.717, 1.165) is 30.3 Å². The maximum Gasteiger partial charge on any atom is 0.0875 e. The molecule has 0 aliphatic heterocycles. The molecule has 0 saturated heterocycles. The van der Waals surface area contributed by atoms with Gasteiger partial charge in [0, 0.05) is 17.0 Å². The predicted octanol–water partition coefficient (Wildman–Crippen LogP) is 4.12. The van der Waals surface area contributed by atoms with Gasteiger partial charge in [-0.05, 0) is 31.6 Å². The molecule has 0 spiro atoms. The second-order valence-electron chi connectivity index (χ2n) is 6.97. The minimum atomic E-state index is -0.534. The number of aromatic nitrogens is 1. The third-order valence-electron chi connectivity index (χ3n) is 5.73. The third-order valence-corrected chi connectivity index (χ3v) is 5.73. The van der Waals surface area contributed by atoms with Crippen LogP contribution in [0.1, 0.15) is 44.9 Å². The van der Waals surface area contributed by atoms with Crippen LogP contribution in [0.15, 0.2) is 36.7 Å². The molecule has 2 aliphatic rings. The van der Waals surface area contributed by atoms with Gasteiger partial charge in [0.05, 0.1) is 23.5 Å². The molecular weight excluding hydrogens is 272 g/mol. The fraction of sp³-hybridized carbons (Fsp3) is 0.526. The smallest absolute Gasteiger partial charge is 0.0875 e. The summed E-state index contributed by atoms with van der Waals surface area (Å²) in [5.74, 6) is 0.468. The van der Waals surface area contributed by atoms with E-state index in [1.165, 1.54) is 31.1 Å². The monoisotopic (exact) mass is 296 g/mol. The van der Waals surface area contributed by atoms with Gasteiger partial charge in [-0.1, -0.05) is 43.5 Å². The number of hydrogen-bond donors (Lipinski definition) is 2. The van der Waals surface area contributed by atoms with Gasteiger partial charge in [-0.2, -0.15) is 0 Å². The first kappa shape index (κ1) is 14.0. The Morgan fingerprint density at radius 2 is 1.91 bits per heavy atom. The Bertz CT molecular complexity index is 664. The van der Waals surface area contributed by atoms with Gasteiger partial charge in [-0.25, -0.2) is 0 Å². The van der Waals surface area contributed by atoms with Crippen LogP contribution in [0.5, 0.6) is 0 Å². The second kappa shape index (κ2) is 5.54. The van der Waals surface area contributed by atoms with Crippen molar-refractivity contribution in [3.05, 3.63) is 36.7 Å². The summed E-state index contributed by atoms with van der Waals surface area (Å²) in [4.78, 5) is 4.36. The largest absolute Gasteiger partial charge is 0.387 e. The van der Waals surface area contributed by atoms with Gasteiger partial charge >= 0.3 is 0 Å². The average molecular weight is 296 g/mol. The van der Waals surface area contributed by atoms with E-state index in [2.05, 4.69) is 28.5 Å². The predicted molar refractivity (Wildman–Crippen MR) is 89.9 cm³/mol. The van der Waals surface area contributed by atoms with Crippen molar-refractivity contribution in [1.82, 2.24) is 4.98 Å². The Morgan fingerprint density at radius 3 is 2.86 bits per heavy atom. The molecule has 0 bridgehead atoms. The van der Waals surface area contributed by atoms with Crippen LogP contribution in [0.2, 0.25) is 0 Å². The number of aliphatic hydroxyl groups is 1. The van der Waals surface area contributed by atoms with Crippen LogP contribution in [0, 0.1) is 5.92 Å². The Labute approximate surface area is 131 Å². The average Bonchev–Trinajstić information content (AvgIpc) is 2.56. The van der Waals surface area contributed by atoms with E-state index in [9.17, 15) is 5.11 Å². The van der Waals surface area contributed by atoms with Gasteiger partial charge in [0.15, 0.2) is 0 Å². The van der Waals surface area contributed by atoms with E-state index in [-0.39, 0.29) is 6.04 Å². The molecule has 4 rings (SSSR count). The number of nitrogens with one attached hydrogen (secondary N) is 1. The maximum atomic E-state index is 11.3.